The quantitative estimate of drug-likeness (QED) is 0.236. The highest BCUT2D eigenvalue weighted by atomic mass is 35.5. The van der Waals surface area contributed by atoms with E-state index in [1.807, 2.05) is 38.2 Å². The number of aromatic nitrogens is 1. The van der Waals surface area contributed by atoms with Crippen molar-refractivity contribution >= 4 is 34.8 Å². The molecule has 9 nitrogen and oxygen atoms in total. The van der Waals surface area contributed by atoms with Crippen molar-refractivity contribution in [3.63, 3.8) is 0 Å². The summed E-state index contributed by atoms with van der Waals surface area (Å²) in [6, 6.07) is 12.0. The van der Waals surface area contributed by atoms with Crippen molar-refractivity contribution in [3.05, 3.63) is 74.7 Å². The second-order valence-electron chi connectivity index (χ2n) is 14.3. The van der Waals surface area contributed by atoms with Gasteiger partial charge in [0.2, 0.25) is 11.8 Å². The van der Waals surface area contributed by atoms with Gasteiger partial charge in [-0.1, -0.05) is 24.4 Å². The topological polar surface area (TPSA) is 95.9 Å². The fourth-order valence-electron chi connectivity index (χ4n) is 7.78. The molecule has 3 saturated heterocycles. The number of amides is 2. The summed E-state index contributed by atoms with van der Waals surface area (Å²) >= 11 is 6.91. The fourth-order valence-corrected chi connectivity index (χ4v) is 8.05. The third-order valence-corrected chi connectivity index (χ3v) is 11.5. The van der Waals surface area contributed by atoms with E-state index in [1.165, 1.54) is 44.2 Å². The van der Waals surface area contributed by atoms with Crippen LogP contribution < -0.4 is 25.8 Å². The van der Waals surface area contributed by atoms with Crippen LogP contribution in [0.3, 0.4) is 0 Å². The number of halogens is 1. The lowest BCUT2D eigenvalue weighted by atomic mass is 9.85. The van der Waals surface area contributed by atoms with Gasteiger partial charge in [0.1, 0.15) is 11.8 Å². The number of methoxy groups -OCH3 is 1. The Hall–Kier alpha value is -3.82. The van der Waals surface area contributed by atoms with Gasteiger partial charge >= 0.3 is 0 Å². The lowest BCUT2D eigenvalue weighted by Crippen LogP contribution is -2.47. The number of anilines is 2. The molecule has 3 aliphatic heterocycles. The Bertz CT molecular complexity index is 1720. The van der Waals surface area contributed by atoms with E-state index in [0.29, 0.717) is 17.9 Å². The van der Waals surface area contributed by atoms with E-state index in [-0.39, 0.29) is 23.4 Å². The zero-order chi connectivity index (χ0) is 34.7. The molecular weight excluding hydrogens is 638 g/mol. The van der Waals surface area contributed by atoms with Gasteiger partial charge in [0.05, 0.1) is 7.11 Å². The largest absolute Gasteiger partial charge is 0.496 e. The maximum atomic E-state index is 12.4. The predicted octanol–water partition coefficient (Wildman–Crippen LogP) is 6.46. The van der Waals surface area contributed by atoms with Crippen LogP contribution in [0.25, 0.3) is 11.1 Å². The van der Waals surface area contributed by atoms with Gasteiger partial charge in [0, 0.05) is 72.4 Å². The molecule has 2 aromatic carbocycles. The number of carbonyl (C=O) groups is 2. The Kier molecular flexibility index (Phi) is 11.0. The van der Waals surface area contributed by atoms with Gasteiger partial charge in [-0.15, -0.1) is 0 Å². The molecule has 3 aromatic rings. The summed E-state index contributed by atoms with van der Waals surface area (Å²) in [7, 11) is 3.49. The van der Waals surface area contributed by atoms with Crippen LogP contribution in [-0.4, -0.2) is 60.6 Å². The number of hydrogen-bond acceptors (Lipinski definition) is 7. The Morgan fingerprint density at radius 2 is 1.55 bits per heavy atom. The van der Waals surface area contributed by atoms with Gasteiger partial charge in [-0.3, -0.25) is 24.6 Å². The summed E-state index contributed by atoms with van der Waals surface area (Å²) < 4.78 is 7.48. The van der Waals surface area contributed by atoms with Gasteiger partial charge in [0.15, 0.2) is 0 Å². The first-order chi connectivity index (χ1) is 23.6. The molecule has 3 aliphatic rings. The fraction of sp³-hybridized carbons (Fsp3) is 0.513. The second-order valence-corrected chi connectivity index (χ2v) is 14.7. The molecule has 4 heterocycles. The molecule has 1 unspecified atom stereocenters. The van der Waals surface area contributed by atoms with Crippen LogP contribution in [0.5, 0.6) is 5.75 Å². The minimum Gasteiger partial charge on any atom is -0.496 e. The molecular formula is C39H50ClN5O4. The number of nitrogens with zero attached hydrogens (tertiary/aromatic N) is 3. The zero-order valence-electron chi connectivity index (χ0n) is 29.3. The van der Waals surface area contributed by atoms with Crippen LogP contribution in [0.1, 0.15) is 68.1 Å². The molecule has 6 rings (SSSR count). The summed E-state index contributed by atoms with van der Waals surface area (Å²) in [4.78, 5) is 40.9. The molecule has 10 heteroatoms. The molecule has 0 spiro atoms. The molecule has 0 aliphatic carbocycles. The summed E-state index contributed by atoms with van der Waals surface area (Å²) in [5, 5.41) is 6.38. The molecule has 1 atom stereocenters. The van der Waals surface area contributed by atoms with Crippen molar-refractivity contribution in [2.45, 2.75) is 77.8 Å². The summed E-state index contributed by atoms with van der Waals surface area (Å²) in [5.41, 5.74) is 6.85. The van der Waals surface area contributed by atoms with E-state index in [0.717, 1.165) is 83.8 Å². The third-order valence-electron chi connectivity index (χ3n) is 11.1. The van der Waals surface area contributed by atoms with E-state index < -0.39 is 0 Å². The number of nitrogens with one attached hydrogen (secondary N) is 2. The standard InChI is InChI=1S/C39H50ClN5O4/c1-25-26(2)39(48)43(3)23-32(25)29-21-34(40)33(36(22-29)49-4)24-44-17-13-27(14-18-44)5-6-28-15-19-45(20-16-28)31-9-7-30(8-10-31)41-35-11-12-37(46)42-38(35)47/h7-10,21-23,27-28,35,41H,5-6,11-20,24H2,1-4H3,(H,42,46,47). The van der Waals surface area contributed by atoms with Gasteiger partial charge in [-0.2, -0.15) is 0 Å². The van der Waals surface area contributed by atoms with Crippen molar-refractivity contribution in [2.75, 3.05) is 43.5 Å². The maximum absolute atomic E-state index is 12.4. The average molecular weight is 688 g/mol. The normalized spacial score (nSPS) is 19.6. The molecule has 2 amide bonds. The van der Waals surface area contributed by atoms with Gasteiger partial charge in [-0.25, -0.2) is 0 Å². The minimum absolute atomic E-state index is 0.0204. The van der Waals surface area contributed by atoms with Crippen LogP contribution >= 0.6 is 11.6 Å². The number of ether oxygens (including phenoxy) is 1. The van der Waals surface area contributed by atoms with Crippen molar-refractivity contribution in [3.8, 4) is 16.9 Å². The Balaban J connectivity index is 0.944. The Labute approximate surface area is 295 Å². The number of benzene rings is 2. The summed E-state index contributed by atoms with van der Waals surface area (Å²) in [6.07, 6.45) is 10.3. The van der Waals surface area contributed by atoms with Crippen LogP contribution in [0.15, 0.2) is 47.4 Å². The molecule has 262 valence electrons. The first-order valence-electron chi connectivity index (χ1n) is 17.8. The molecule has 0 radical (unpaired) electrons. The average Bonchev–Trinajstić information content (AvgIpc) is 3.11. The SMILES string of the molecule is COc1cc(-c2cn(C)c(=O)c(C)c2C)cc(Cl)c1CN1CCC(CCC2CCN(c3ccc(NC4CCC(=O)NC4=O)cc3)CC2)CC1. The van der Waals surface area contributed by atoms with Crippen molar-refractivity contribution in [1.29, 1.82) is 0 Å². The number of piperidine rings is 3. The summed E-state index contributed by atoms with van der Waals surface area (Å²) in [6.45, 7) is 8.91. The Morgan fingerprint density at radius 3 is 2.18 bits per heavy atom. The van der Waals surface area contributed by atoms with Crippen molar-refractivity contribution in [1.82, 2.24) is 14.8 Å². The Morgan fingerprint density at radius 1 is 0.898 bits per heavy atom. The molecule has 0 saturated carbocycles. The number of pyridine rings is 1. The molecule has 49 heavy (non-hydrogen) atoms. The highest BCUT2D eigenvalue weighted by molar-refractivity contribution is 6.32. The van der Waals surface area contributed by atoms with Gasteiger partial charge in [-0.05, 0) is 118 Å². The third kappa shape index (κ3) is 8.15. The zero-order valence-corrected chi connectivity index (χ0v) is 30.1. The monoisotopic (exact) mass is 687 g/mol. The van der Waals surface area contributed by atoms with Crippen molar-refractivity contribution in [2.24, 2.45) is 18.9 Å². The van der Waals surface area contributed by atoms with E-state index in [4.69, 9.17) is 16.3 Å². The molecule has 1 aromatic heterocycles. The van der Waals surface area contributed by atoms with E-state index >= 15 is 0 Å². The first-order valence-corrected chi connectivity index (χ1v) is 18.2. The number of carbonyl (C=O) groups excluding carboxylic acids is 2. The van der Waals surface area contributed by atoms with E-state index in [1.54, 1.807) is 18.7 Å². The highest BCUT2D eigenvalue weighted by Gasteiger charge is 2.27. The van der Waals surface area contributed by atoms with Crippen LogP contribution in [0.2, 0.25) is 5.02 Å². The van der Waals surface area contributed by atoms with Gasteiger partial charge < -0.3 is 19.5 Å². The second kappa shape index (κ2) is 15.4. The van der Waals surface area contributed by atoms with Crippen LogP contribution in [0.4, 0.5) is 11.4 Å². The molecule has 3 fully saturated rings. The maximum Gasteiger partial charge on any atom is 0.253 e. The van der Waals surface area contributed by atoms with E-state index in [2.05, 4.69) is 38.6 Å². The van der Waals surface area contributed by atoms with Crippen LogP contribution in [0, 0.1) is 25.7 Å². The lowest BCUT2D eigenvalue weighted by Gasteiger charge is -2.36. The first kappa shape index (κ1) is 35.0. The number of imide groups is 1. The van der Waals surface area contributed by atoms with E-state index in [9.17, 15) is 14.4 Å². The smallest absolute Gasteiger partial charge is 0.253 e. The molecule has 2 N–H and O–H groups in total. The number of rotatable bonds is 10. The minimum atomic E-state index is -0.361. The van der Waals surface area contributed by atoms with Gasteiger partial charge in [0.25, 0.3) is 5.56 Å². The predicted molar refractivity (Wildman–Crippen MR) is 197 cm³/mol. The summed E-state index contributed by atoms with van der Waals surface area (Å²) in [5.74, 6) is 1.91. The van der Waals surface area contributed by atoms with Crippen LogP contribution in [-0.2, 0) is 23.2 Å². The lowest BCUT2D eigenvalue weighted by molar-refractivity contribution is -0.133. The number of likely N-dealkylation sites (tertiary alicyclic amines) is 1. The van der Waals surface area contributed by atoms with Crippen molar-refractivity contribution < 1.29 is 14.3 Å². The molecule has 0 bridgehead atoms. The number of aryl methyl sites for hydroxylation is 1. The number of hydrogen-bond donors (Lipinski definition) is 2. The highest BCUT2D eigenvalue weighted by Crippen LogP contribution is 2.37.